The number of nitrogens with zero attached hydrogens (tertiary/aromatic N) is 5. The lowest BCUT2D eigenvalue weighted by atomic mass is 10.0. The molecule has 1 aromatic carbocycles. The number of hydrogen-bond acceptors (Lipinski definition) is 5. The normalized spacial score (nSPS) is 16.3. The molecule has 170 valence electrons. The van der Waals surface area contributed by atoms with E-state index in [1.54, 1.807) is 17.5 Å². The summed E-state index contributed by atoms with van der Waals surface area (Å²) >= 11 is 1.55. The Labute approximate surface area is 197 Å². The van der Waals surface area contributed by atoms with Crippen molar-refractivity contribution in [3.8, 4) is 0 Å². The zero-order valence-electron chi connectivity index (χ0n) is 18.8. The number of benzene rings is 1. The first-order chi connectivity index (χ1) is 16.2. The van der Waals surface area contributed by atoms with E-state index in [0.717, 1.165) is 43.2 Å². The van der Waals surface area contributed by atoms with Gasteiger partial charge in [0.05, 0.1) is 6.54 Å². The molecule has 0 saturated heterocycles. The van der Waals surface area contributed by atoms with Crippen LogP contribution in [0.1, 0.15) is 45.2 Å². The van der Waals surface area contributed by atoms with Crippen LogP contribution in [0.5, 0.6) is 0 Å². The maximum absolute atomic E-state index is 13.1. The van der Waals surface area contributed by atoms with E-state index in [0.29, 0.717) is 18.2 Å². The van der Waals surface area contributed by atoms with Crippen molar-refractivity contribution in [2.75, 3.05) is 6.54 Å². The quantitative estimate of drug-likeness (QED) is 0.456. The Kier molecular flexibility index (Phi) is 5.27. The number of aromatic nitrogens is 4. The van der Waals surface area contributed by atoms with Gasteiger partial charge >= 0.3 is 0 Å². The highest BCUT2D eigenvalue weighted by Crippen LogP contribution is 2.33. The van der Waals surface area contributed by atoms with Crippen LogP contribution in [0.15, 0.2) is 42.0 Å². The largest absolute Gasteiger partial charge is 0.350 e. The number of hydrogen-bond donors (Lipinski definition) is 1. The molecule has 1 fully saturated rings. The zero-order valence-corrected chi connectivity index (χ0v) is 19.6. The Morgan fingerprint density at radius 1 is 1.27 bits per heavy atom. The van der Waals surface area contributed by atoms with Crippen LogP contribution in [-0.4, -0.2) is 36.7 Å². The lowest BCUT2D eigenvalue weighted by molar-refractivity contribution is 0.0942. The summed E-state index contributed by atoms with van der Waals surface area (Å²) < 4.78 is 4.33. The van der Waals surface area contributed by atoms with Gasteiger partial charge in [0.15, 0.2) is 5.69 Å². The number of amides is 1. The van der Waals surface area contributed by atoms with E-state index in [2.05, 4.69) is 62.0 Å². The molecule has 4 aromatic rings. The topological polar surface area (TPSA) is 68.0 Å². The van der Waals surface area contributed by atoms with Crippen LogP contribution >= 0.6 is 11.3 Å². The maximum Gasteiger partial charge on any atom is 0.272 e. The highest BCUT2D eigenvalue weighted by molar-refractivity contribution is 7.09. The average molecular weight is 461 g/mol. The smallest absolute Gasteiger partial charge is 0.272 e. The molecule has 1 aliphatic carbocycles. The molecule has 0 bridgehead atoms. The van der Waals surface area contributed by atoms with Gasteiger partial charge in [-0.15, -0.1) is 11.3 Å². The second-order valence-corrected chi connectivity index (χ2v) is 10.2. The van der Waals surface area contributed by atoms with Gasteiger partial charge in [0.2, 0.25) is 0 Å². The van der Waals surface area contributed by atoms with E-state index in [1.165, 1.54) is 35.0 Å². The fraction of sp³-hybridized carbons (Fsp3) is 0.400. The molecule has 1 amide bonds. The van der Waals surface area contributed by atoms with Gasteiger partial charge in [0, 0.05) is 79.6 Å². The second-order valence-electron chi connectivity index (χ2n) is 9.25. The molecule has 3 aromatic heterocycles. The van der Waals surface area contributed by atoms with Crippen LogP contribution in [0, 0.1) is 5.92 Å². The van der Waals surface area contributed by atoms with Gasteiger partial charge in [-0.1, -0.05) is 18.2 Å². The summed E-state index contributed by atoms with van der Waals surface area (Å²) in [6, 6.07) is 8.56. The van der Waals surface area contributed by atoms with E-state index in [4.69, 9.17) is 5.10 Å². The van der Waals surface area contributed by atoms with Crippen molar-refractivity contribution in [2.45, 2.75) is 45.4 Å². The van der Waals surface area contributed by atoms with Crippen molar-refractivity contribution in [3.05, 3.63) is 69.6 Å². The summed E-state index contributed by atoms with van der Waals surface area (Å²) in [4.78, 5) is 19.9. The van der Waals surface area contributed by atoms with Crippen LogP contribution in [0.2, 0.25) is 0 Å². The first-order valence-electron chi connectivity index (χ1n) is 11.7. The maximum atomic E-state index is 13.1. The standard InChI is InChI=1S/C25H28N6OS/c1-29-14-18(19-4-2-3-5-21(19)29)15-30-10-8-22-20(16-30)24(28-31(22)13-17-6-7-17)25(32)27-12-23-26-9-11-33-23/h2-5,9,11,14,17H,6-8,10,12-13,15-16H2,1H3,(H,27,32). The SMILES string of the molecule is Cn1cc(CN2CCc3c(c(C(=O)NCc4nccs4)nn3CC3CC3)C2)c2ccccc21. The highest BCUT2D eigenvalue weighted by Gasteiger charge is 2.31. The summed E-state index contributed by atoms with van der Waals surface area (Å²) in [5, 5.41) is 12.0. The predicted molar refractivity (Wildman–Crippen MR) is 129 cm³/mol. The van der Waals surface area contributed by atoms with E-state index in [-0.39, 0.29) is 5.91 Å². The minimum Gasteiger partial charge on any atom is -0.350 e. The molecule has 0 spiro atoms. The summed E-state index contributed by atoms with van der Waals surface area (Å²) in [6.07, 6.45) is 7.47. The number of rotatable bonds is 7. The number of aryl methyl sites for hydroxylation is 1. The molecule has 8 heteroatoms. The zero-order chi connectivity index (χ0) is 22.4. The molecule has 6 rings (SSSR count). The van der Waals surface area contributed by atoms with Gasteiger partial charge in [-0.25, -0.2) is 4.98 Å². The molecule has 33 heavy (non-hydrogen) atoms. The Balaban J connectivity index is 1.25. The van der Waals surface area contributed by atoms with E-state index >= 15 is 0 Å². The number of para-hydroxylation sites is 1. The molecule has 0 radical (unpaired) electrons. The van der Waals surface area contributed by atoms with Gasteiger partial charge < -0.3 is 9.88 Å². The van der Waals surface area contributed by atoms with E-state index in [1.807, 2.05) is 5.38 Å². The van der Waals surface area contributed by atoms with Gasteiger partial charge in [-0.2, -0.15) is 5.10 Å². The van der Waals surface area contributed by atoms with Crippen molar-refractivity contribution < 1.29 is 4.79 Å². The van der Waals surface area contributed by atoms with E-state index in [9.17, 15) is 4.79 Å². The van der Waals surface area contributed by atoms with Crippen LogP contribution in [0.3, 0.4) is 0 Å². The summed E-state index contributed by atoms with van der Waals surface area (Å²) in [6.45, 7) is 3.98. The third kappa shape index (κ3) is 4.09. The Hall–Kier alpha value is -2.97. The second kappa shape index (κ2) is 8.43. The Bertz CT molecular complexity index is 1300. The van der Waals surface area contributed by atoms with Gasteiger partial charge in [-0.3, -0.25) is 14.4 Å². The van der Waals surface area contributed by atoms with Gasteiger partial charge in [-0.05, 0) is 30.4 Å². The molecule has 1 saturated carbocycles. The molecular weight excluding hydrogens is 432 g/mol. The van der Waals surface area contributed by atoms with Crippen LogP contribution in [0.4, 0.5) is 0 Å². The first kappa shape index (κ1) is 20.6. The van der Waals surface area contributed by atoms with Crippen molar-refractivity contribution >= 4 is 28.1 Å². The highest BCUT2D eigenvalue weighted by atomic mass is 32.1. The molecular formula is C25H28N6OS. The molecule has 4 heterocycles. The van der Waals surface area contributed by atoms with Gasteiger partial charge in [0.1, 0.15) is 5.01 Å². The lowest BCUT2D eigenvalue weighted by Crippen LogP contribution is -2.32. The number of fused-ring (bicyclic) bond motifs is 2. The Morgan fingerprint density at radius 2 is 2.15 bits per heavy atom. The summed E-state index contributed by atoms with van der Waals surface area (Å²) in [7, 11) is 2.10. The summed E-state index contributed by atoms with van der Waals surface area (Å²) in [5.74, 6) is 0.622. The Morgan fingerprint density at radius 3 is 2.97 bits per heavy atom. The molecule has 1 aliphatic heterocycles. The fourth-order valence-corrected chi connectivity index (χ4v) is 5.49. The number of carbonyl (C=O) groups excluding carboxylic acids is 1. The van der Waals surface area contributed by atoms with Crippen LogP contribution < -0.4 is 5.32 Å². The van der Waals surface area contributed by atoms with E-state index < -0.39 is 0 Å². The van der Waals surface area contributed by atoms with Crippen LogP contribution in [0.25, 0.3) is 10.9 Å². The van der Waals surface area contributed by atoms with Crippen molar-refractivity contribution in [1.29, 1.82) is 0 Å². The summed E-state index contributed by atoms with van der Waals surface area (Å²) in [5.41, 5.74) is 5.51. The fourth-order valence-electron chi connectivity index (χ4n) is 4.93. The molecule has 7 nitrogen and oxygen atoms in total. The molecule has 0 unspecified atom stereocenters. The molecule has 2 aliphatic rings. The minimum absolute atomic E-state index is 0.0944. The third-order valence-electron chi connectivity index (χ3n) is 6.81. The van der Waals surface area contributed by atoms with Crippen molar-refractivity contribution in [3.63, 3.8) is 0 Å². The van der Waals surface area contributed by atoms with Gasteiger partial charge in [0.25, 0.3) is 5.91 Å². The average Bonchev–Trinajstić information content (AvgIpc) is 3.22. The third-order valence-corrected chi connectivity index (χ3v) is 7.59. The molecule has 1 N–H and O–H groups in total. The monoisotopic (exact) mass is 460 g/mol. The van der Waals surface area contributed by atoms with Crippen molar-refractivity contribution in [1.82, 2.24) is 29.5 Å². The number of carbonyl (C=O) groups is 1. The minimum atomic E-state index is -0.0944. The lowest BCUT2D eigenvalue weighted by Gasteiger charge is -2.27. The van der Waals surface area contributed by atoms with Crippen molar-refractivity contribution in [2.24, 2.45) is 13.0 Å². The molecule has 0 atom stereocenters. The first-order valence-corrected chi connectivity index (χ1v) is 12.5. The number of nitrogens with one attached hydrogen (secondary N) is 1. The number of thiazole rings is 1. The predicted octanol–water partition coefficient (Wildman–Crippen LogP) is 3.73. The van der Waals surface area contributed by atoms with Crippen LogP contribution in [-0.2, 0) is 39.6 Å².